The second-order valence-corrected chi connectivity index (χ2v) is 4.48. The Labute approximate surface area is 110 Å². The summed E-state index contributed by atoms with van der Waals surface area (Å²) in [5.41, 5.74) is 0.438. The maximum Gasteiger partial charge on any atom is 0.262 e. The smallest absolute Gasteiger partial charge is 0.262 e. The molecule has 0 saturated carbocycles. The maximum atomic E-state index is 12.1. The number of hydrogen-bond donors (Lipinski definition) is 2. The van der Waals surface area contributed by atoms with E-state index in [4.69, 9.17) is 0 Å². The van der Waals surface area contributed by atoms with Gasteiger partial charge >= 0.3 is 0 Å². The molecule has 0 atom stereocenters. The Bertz CT molecular complexity index is 633. The van der Waals surface area contributed by atoms with Crippen molar-refractivity contribution in [1.29, 1.82) is 0 Å². The van der Waals surface area contributed by atoms with Gasteiger partial charge in [-0.05, 0) is 18.1 Å². The van der Waals surface area contributed by atoms with Gasteiger partial charge in [-0.15, -0.1) is 0 Å². The first-order valence-corrected chi connectivity index (χ1v) is 6.03. The van der Waals surface area contributed by atoms with Crippen molar-refractivity contribution < 1.29 is 4.79 Å². The zero-order valence-electron chi connectivity index (χ0n) is 10.8. The Morgan fingerprint density at radius 3 is 2.74 bits per heavy atom. The zero-order chi connectivity index (χ0) is 13.8. The van der Waals surface area contributed by atoms with Crippen LogP contribution in [0.1, 0.15) is 35.7 Å². The molecule has 0 bridgehead atoms. The minimum absolute atomic E-state index is 0.0614. The number of nitrogens with one attached hydrogen (secondary N) is 2. The number of hydrogen-bond acceptors (Lipinski definition) is 3. The second-order valence-electron chi connectivity index (χ2n) is 4.48. The van der Waals surface area contributed by atoms with E-state index < -0.39 is 5.91 Å². The average molecular weight is 257 g/mol. The van der Waals surface area contributed by atoms with Gasteiger partial charge in [-0.3, -0.25) is 9.59 Å². The number of H-pyrrole nitrogens is 1. The third-order valence-corrected chi connectivity index (χ3v) is 2.75. The van der Waals surface area contributed by atoms with Crippen LogP contribution in [0.4, 0.5) is 5.82 Å². The van der Waals surface area contributed by atoms with Gasteiger partial charge in [0.2, 0.25) is 0 Å². The third kappa shape index (κ3) is 2.88. The van der Waals surface area contributed by atoms with Crippen molar-refractivity contribution in [2.24, 2.45) is 0 Å². The van der Waals surface area contributed by atoms with Crippen molar-refractivity contribution in [2.45, 2.75) is 19.8 Å². The molecule has 0 spiro atoms. The Balaban J connectivity index is 2.30. The Morgan fingerprint density at radius 2 is 2.11 bits per heavy atom. The number of aromatic nitrogens is 2. The van der Waals surface area contributed by atoms with Crippen LogP contribution in [-0.4, -0.2) is 15.9 Å². The molecule has 2 aromatic heterocycles. The molecule has 0 radical (unpaired) electrons. The van der Waals surface area contributed by atoms with Crippen LogP contribution in [-0.2, 0) is 0 Å². The molecule has 2 rings (SSSR count). The Kier molecular flexibility index (Phi) is 3.75. The fourth-order valence-electron chi connectivity index (χ4n) is 1.72. The average Bonchev–Trinajstić information content (AvgIpc) is 2.39. The van der Waals surface area contributed by atoms with Crippen LogP contribution in [0.3, 0.4) is 0 Å². The van der Waals surface area contributed by atoms with Crippen molar-refractivity contribution in [3.63, 3.8) is 0 Å². The fraction of sp³-hybridized carbons (Fsp3) is 0.214. The number of nitrogens with zero attached hydrogens (tertiary/aromatic N) is 1. The van der Waals surface area contributed by atoms with Crippen LogP contribution < -0.4 is 10.7 Å². The molecule has 0 aliphatic carbocycles. The molecule has 2 heterocycles. The molecule has 0 saturated heterocycles. The number of amides is 1. The highest BCUT2D eigenvalue weighted by Gasteiger charge is 2.15. The molecule has 5 nitrogen and oxygen atoms in total. The van der Waals surface area contributed by atoms with Crippen molar-refractivity contribution >= 4 is 11.7 Å². The van der Waals surface area contributed by atoms with Gasteiger partial charge in [-0.1, -0.05) is 19.9 Å². The lowest BCUT2D eigenvalue weighted by Crippen LogP contribution is -2.24. The number of carbonyl (C=O) groups excluding carboxylic acids is 1. The standard InChI is InChI=1S/C14H15N3O2/c1-9(2)10-7-15-8-11(13(10)18)14(19)17-12-5-3-4-6-16-12/h3-9H,1-2H3,(H,15,18)(H,16,17,19). The first kappa shape index (κ1) is 13.0. The van der Waals surface area contributed by atoms with Crippen molar-refractivity contribution in [3.05, 3.63) is 58.1 Å². The summed E-state index contributed by atoms with van der Waals surface area (Å²) in [6.07, 6.45) is 4.61. The van der Waals surface area contributed by atoms with E-state index in [9.17, 15) is 9.59 Å². The van der Waals surface area contributed by atoms with E-state index in [-0.39, 0.29) is 16.9 Å². The minimum atomic E-state index is -0.456. The van der Waals surface area contributed by atoms with Crippen molar-refractivity contribution in [3.8, 4) is 0 Å². The molecule has 2 aromatic rings. The molecule has 0 unspecified atom stereocenters. The maximum absolute atomic E-state index is 12.1. The summed E-state index contributed by atoms with van der Waals surface area (Å²) < 4.78 is 0. The van der Waals surface area contributed by atoms with Crippen molar-refractivity contribution in [1.82, 2.24) is 9.97 Å². The van der Waals surface area contributed by atoms with Crippen LogP contribution in [0.2, 0.25) is 0 Å². The lowest BCUT2D eigenvalue weighted by molar-refractivity contribution is 0.102. The van der Waals surface area contributed by atoms with Gasteiger partial charge in [0.05, 0.1) is 0 Å². The van der Waals surface area contributed by atoms with Crippen LogP contribution >= 0.6 is 0 Å². The monoisotopic (exact) mass is 257 g/mol. The highest BCUT2D eigenvalue weighted by atomic mass is 16.2. The van der Waals surface area contributed by atoms with E-state index in [2.05, 4.69) is 15.3 Å². The molecular formula is C14H15N3O2. The third-order valence-electron chi connectivity index (χ3n) is 2.75. The molecule has 1 amide bonds. The first-order valence-electron chi connectivity index (χ1n) is 6.03. The summed E-state index contributed by atoms with van der Waals surface area (Å²) in [5.74, 6) is 0.0238. The summed E-state index contributed by atoms with van der Waals surface area (Å²) in [5, 5.41) is 2.60. The highest BCUT2D eigenvalue weighted by Crippen LogP contribution is 2.09. The molecule has 0 aliphatic heterocycles. The molecule has 0 fully saturated rings. The van der Waals surface area contributed by atoms with Gasteiger partial charge in [0.25, 0.3) is 5.91 Å². The summed E-state index contributed by atoms with van der Waals surface area (Å²) in [6, 6.07) is 5.18. The number of carbonyl (C=O) groups is 1. The lowest BCUT2D eigenvalue weighted by atomic mass is 10.0. The number of aromatic amines is 1. The quantitative estimate of drug-likeness (QED) is 0.884. The normalized spacial score (nSPS) is 10.5. The van der Waals surface area contributed by atoms with Gasteiger partial charge < -0.3 is 10.3 Å². The summed E-state index contributed by atoms with van der Waals surface area (Å²) in [4.78, 5) is 31.0. The number of pyridine rings is 2. The van der Waals surface area contributed by atoms with Gasteiger partial charge in [-0.2, -0.15) is 0 Å². The van der Waals surface area contributed by atoms with Crippen LogP contribution in [0, 0.1) is 0 Å². The Morgan fingerprint density at radius 1 is 1.32 bits per heavy atom. The second kappa shape index (κ2) is 5.48. The summed E-state index contributed by atoms with van der Waals surface area (Å²) in [7, 11) is 0. The molecular weight excluding hydrogens is 242 g/mol. The molecule has 2 N–H and O–H groups in total. The van der Waals surface area contributed by atoms with E-state index >= 15 is 0 Å². The topological polar surface area (TPSA) is 74.8 Å². The SMILES string of the molecule is CC(C)c1c[nH]cc(C(=O)Nc2ccccn2)c1=O. The lowest BCUT2D eigenvalue weighted by Gasteiger charge is -2.07. The van der Waals surface area contributed by atoms with E-state index in [0.717, 1.165) is 0 Å². The predicted octanol–water partition coefficient (Wildman–Crippen LogP) is 2.15. The largest absolute Gasteiger partial charge is 0.366 e. The van der Waals surface area contributed by atoms with Gasteiger partial charge in [0, 0.05) is 24.2 Å². The Hall–Kier alpha value is -2.43. The van der Waals surface area contributed by atoms with E-state index in [1.807, 2.05) is 13.8 Å². The first-order chi connectivity index (χ1) is 9.09. The van der Waals surface area contributed by atoms with E-state index in [1.165, 1.54) is 6.20 Å². The molecule has 0 aliphatic rings. The van der Waals surface area contributed by atoms with E-state index in [0.29, 0.717) is 11.4 Å². The van der Waals surface area contributed by atoms with Crippen LogP contribution in [0.5, 0.6) is 0 Å². The summed E-state index contributed by atoms with van der Waals surface area (Å²) in [6.45, 7) is 3.82. The summed E-state index contributed by atoms with van der Waals surface area (Å²) >= 11 is 0. The molecule has 19 heavy (non-hydrogen) atoms. The van der Waals surface area contributed by atoms with Crippen LogP contribution in [0.25, 0.3) is 0 Å². The van der Waals surface area contributed by atoms with E-state index in [1.54, 1.807) is 30.6 Å². The highest BCUT2D eigenvalue weighted by molar-refractivity contribution is 6.03. The van der Waals surface area contributed by atoms with Crippen molar-refractivity contribution in [2.75, 3.05) is 5.32 Å². The molecule has 5 heteroatoms. The number of anilines is 1. The molecule has 0 aromatic carbocycles. The van der Waals surface area contributed by atoms with Crippen LogP contribution in [0.15, 0.2) is 41.6 Å². The van der Waals surface area contributed by atoms with Gasteiger partial charge in [0.1, 0.15) is 11.4 Å². The fourth-order valence-corrected chi connectivity index (χ4v) is 1.72. The van der Waals surface area contributed by atoms with Gasteiger partial charge in [-0.25, -0.2) is 4.98 Å². The zero-order valence-corrected chi connectivity index (χ0v) is 10.8. The van der Waals surface area contributed by atoms with Gasteiger partial charge in [0.15, 0.2) is 5.43 Å². The number of rotatable bonds is 3. The predicted molar refractivity (Wildman–Crippen MR) is 73.3 cm³/mol. The molecule has 98 valence electrons. The minimum Gasteiger partial charge on any atom is -0.366 e.